The number of benzene rings is 2. The summed E-state index contributed by atoms with van der Waals surface area (Å²) in [5.41, 5.74) is 7.00. The van der Waals surface area contributed by atoms with Crippen LogP contribution in [-0.4, -0.2) is 104 Å². The second kappa shape index (κ2) is 17.3. The van der Waals surface area contributed by atoms with Gasteiger partial charge in [-0.2, -0.15) is 0 Å². The SMILES string of the molecule is C=C(C)C(NC(O)OC)C(=O)N1CCCC1c1ncc(-c2ccc(-c3ccc4cc(-c5cnc(C6CCCN6C(=O)C(NC(=O)OC)C(C)C)[nH]5)cnc4c3)cc2)[nH]1. The number of nitrogens with zero attached hydrogens (tertiary/aromatic N) is 5. The van der Waals surface area contributed by atoms with E-state index in [1.54, 1.807) is 29.1 Å². The molecule has 15 nitrogen and oxygen atoms in total. The zero-order chi connectivity index (χ0) is 41.1. The number of alkyl carbamates (subject to hydrolysis) is 1. The average molecular weight is 790 g/mol. The molecule has 3 aromatic heterocycles. The Morgan fingerprint density at radius 1 is 0.810 bits per heavy atom. The average Bonchev–Trinajstić information content (AvgIpc) is 4.07. The van der Waals surface area contributed by atoms with Crippen LogP contribution in [0.4, 0.5) is 4.79 Å². The van der Waals surface area contributed by atoms with Gasteiger partial charge in [0, 0.05) is 37.3 Å². The number of amides is 3. The van der Waals surface area contributed by atoms with Crippen LogP contribution < -0.4 is 10.6 Å². The molecule has 5 atom stereocenters. The molecule has 5 heterocycles. The minimum Gasteiger partial charge on any atom is -0.453 e. The predicted octanol–water partition coefficient (Wildman–Crippen LogP) is 5.85. The summed E-state index contributed by atoms with van der Waals surface area (Å²) in [6.07, 6.45) is 6.70. The van der Waals surface area contributed by atoms with Gasteiger partial charge in [0.15, 0.2) is 0 Å². The van der Waals surface area contributed by atoms with E-state index in [0.29, 0.717) is 30.3 Å². The lowest BCUT2D eigenvalue weighted by atomic mass is 10.0. The molecule has 3 amide bonds. The topological polar surface area (TPSA) is 191 Å². The normalized spacial score (nSPS) is 18.4. The van der Waals surface area contributed by atoms with Crippen LogP contribution in [0.5, 0.6) is 0 Å². The third kappa shape index (κ3) is 8.37. The van der Waals surface area contributed by atoms with E-state index in [9.17, 15) is 19.5 Å². The third-order valence-electron chi connectivity index (χ3n) is 11.1. The molecule has 0 spiro atoms. The Bertz CT molecular complexity index is 2280. The molecule has 5 unspecified atom stereocenters. The minimum absolute atomic E-state index is 0.113. The summed E-state index contributed by atoms with van der Waals surface area (Å²) in [4.78, 5) is 63.7. The summed E-state index contributed by atoms with van der Waals surface area (Å²) in [6.45, 7) is 10.6. The molecule has 2 saturated heterocycles. The van der Waals surface area contributed by atoms with E-state index in [4.69, 9.17) is 14.5 Å². The molecule has 0 bridgehead atoms. The molecule has 5 aromatic rings. The fourth-order valence-corrected chi connectivity index (χ4v) is 7.90. The van der Waals surface area contributed by atoms with E-state index in [1.165, 1.54) is 14.2 Å². The van der Waals surface area contributed by atoms with E-state index in [2.05, 4.69) is 73.5 Å². The second-order valence-corrected chi connectivity index (χ2v) is 15.3. The molecule has 5 N–H and O–H groups in total. The number of carbonyl (C=O) groups excluding carboxylic acids is 3. The molecule has 0 radical (unpaired) electrons. The fraction of sp³-hybridized carbons (Fsp3) is 0.395. The molecule has 2 aromatic carbocycles. The van der Waals surface area contributed by atoms with Crippen molar-refractivity contribution in [2.45, 2.75) is 77.0 Å². The van der Waals surface area contributed by atoms with Gasteiger partial charge in [0.05, 0.1) is 48.5 Å². The van der Waals surface area contributed by atoms with Gasteiger partial charge in [-0.05, 0) is 67.3 Å². The zero-order valence-corrected chi connectivity index (χ0v) is 33.5. The van der Waals surface area contributed by atoms with Crippen LogP contribution in [0.15, 0.2) is 79.3 Å². The van der Waals surface area contributed by atoms with Crippen LogP contribution in [0, 0.1) is 5.92 Å². The van der Waals surface area contributed by atoms with Crippen LogP contribution >= 0.6 is 0 Å². The van der Waals surface area contributed by atoms with Gasteiger partial charge >= 0.3 is 6.09 Å². The molecular formula is C43H51N9O6. The highest BCUT2D eigenvalue weighted by molar-refractivity contribution is 5.88. The summed E-state index contributed by atoms with van der Waals surface area (Å²) in [5.74, 6) is 0.968. The highest BCUT2D eigenvalue weighted by Gasteiger charge is 2.38. The number of aliphatic hydroxyl groups excluding tert-OH is 1. The van der Waals surface area contributed by atoms with Gasteiger partial charge in [-0.25, -0.2) is 14.8 Å². The molecule has 15 heteroatoms. The summed E-state index contributed by atoms with van der Waals surface area (Å²) in [6, 6.07) is 14.6. The molecular weight excluding hydrogens is 739 g/mol. The predicted molar refractivity (Wildman–Crippen MR) is 219 cm³/mol. The quantitative estimate of drug-likeness (QED) is 0.0715. The number of aromatic amines is 2. The first-order valence-electron chi connectivity index (χ1n) is 19.6. The number of pyridine rings is 1. The number of aromatic nitrogens is 5. The van der Waals surface area contributed by atoms with Crippen LogP contribution in [-0.2, 0) is 19.1 Å². The number of fused-ring (bicyclic) bond motifs is 1. The van der Waals surface area contributed by atoms with Gasteiger partial charge in [-0.1, -0.05) is 62.4 Å². The van der Waals surface area contributed by atoms with Crippen molar-refractivity contribution >= 4 is 28.8 Å². The van der Waals surface area contributed by atoms with Crippen LogP contribution in [0.3, 0.4) is 0 Å². The van der Waals surface area contributed by atoms with Crippen molar-refractivity contribution in [1.82, 2.24) is 45.4 Å². The maximum Gasteiger partial charge on any atom is 0.407 e. The molecule has 0 aliphatic carbocycles. The van der Waals surface area contributed by atoms with Crippen molar-refractivity contribution in [3.8, 4) is 33.6 Å². The van der Waals surface area contributed by atoms with E-state index >= 15 is 0 Å². The maximum absolute atomic E-state index is 13.6. The Hall–Kier alpha value is -5.90. The number of nitrogens with one attached hydrogen (secondary N) is 4. The first kappa shape index (κ1) is 40.3. The lowest BCUT2D eigenvalue weighted by molar-refractivity contribution is -0.141. The van der Waals surface area contributed by atoms with Gasteiger partial charge in [-0.3, -0.25) is 19.9 Å². The number of aliphatic hydroxyl groups is 1. The molecule has 304 valence electrons. The van der Waals surface area contributed by atoms with Gasteiger partial charge < -0.3 is 39.7 Å². The van der Waals surface area contributed by atoms with Crippen molar-refractivity contribution in [2.24, 2.45) is 5.92 Å². The summed E-state index contributed by atoms with van der Waals surface area (Å²) >= 11 is 0. The Morgan fingerprint density at radius 3 is 1.98 bits per heavy atom. The number of hydrogen-bond donors (Lipinski definition) is 5. The monoisotopic (exact) mass is 789 g/mol. The first-order chi connectivity index (χ1) is 27.9. The Balaban J connectivity index is 1.02. The lowest BCUT2D eigenvalue weighted by Crippen LogP contribution is -2.51. The van der Waals surface area contributed by atoms with Crippen LogP contribution in [0.2, 0.25) is 0 Å². The van der Waals surface area contributed by atoms with Crippen LogP contribution in [0.25, 0.3) is 44.5 Å². The smallest absolute Gasteiger partial charge is 0.407 e. The van der Waals surface area contributed by atoms with Crippen molar-refractivity contribution in [3.63, 3.8) is 0 Å². The zero-order valence-electron chi connectivity index (χ0n) is 33.5. The summed E-state index contributed by atoms with van der Waals surface area (Å²) < 4.78 is 9.67. The molecule has 2 aliphatic heterocycles. The highest BCUT2D eigenvalue weighted by Crippen LogP contribution is 2.35. The number of likely N-dealkylation sites (tertiary alicyclic amines) is 2. The standard InChI is InChI=1S/C43H51N9O6/c1-24(2)36(49-42(55)57-5)40(53)51-17-7-9-34(51)38-45-22-32(47-38)27-13-11-26(12-14-27)28-15-16-29-19-30(21-44-31(29)20-28)33-23-46-39(48-33)35-10-8-18-52(35)41(54)37(25(3)4)50-43(56)58-6/h11-16,19-23,25,34-37,42,49,55H,1,7-10,17-18H2,2-6H3,(H,45,47)(H,46,48)(H,50,56). The number of hydrogen-bond acceptors (Lipinski definition) is 10. The number of imidazole rings is 2. The van der Waals surface area contributed by atoms with Crippen molar-refractivity contribution in [3.05, 3.63) is 90.9 Å². The number of methoxy groups -OCH3 is 2. The third-order valence-corrected chi connectivity index (χ3v) is 11.1. The van der Waals surface area contributed by atoms with E-state index in [0.717, 1.165) is 70.2 Å². The summed E-state index contributed by atoms with van der Waals surface area (Å²) in [7, 11) is 2.65. The molecule has 2 fully saturated rings. The van der Waals surface area contributed by atoms with Crippen molar-refractivity contribution in [1.29, 1.82) is 0 Å². The fourth-order valence-electron chi connectivity index (χ4n) is 7.90. The Labute approximate surface area is 337 Å². The Morgan fingerprint density at radius 2 is 1.40 bits per heavy atom. The second-order valence-electron chi connectivity index (χ2n) is 15.3. The first-order valence-corrected chi connectivity index (χ1v) is 19.6. The minimum atomic E-state index is -1.29. The molecule has 2 aliphatic rings. The number of carbonyl (C=O) groups is 3. The van der Waals surface area contributed by atoms with Gasteiger partial charge in [0.1, 0.15) is 23.7 Å². The number of ether oxygens (including phenoxy) is 2. The van der Waals surface area contributed by atoms with Crippen molar-refractivity contribution in [2.75, 3.05) is 27.3 Å². The van der Waals surface area contributed by atoms with Crippen molar-refractivity contribution < 1.29 is 29.0 Å². The van der Waals surface area contributed by atoms with E-state index in [-0.39, 0.29) is 29.8 Å². The van der Waals surface area contributed by atoms with E-state index in [1.807, 2.05) is 32.2 Å². The molecule has 0 saturated carbocycles. The molecule has 7 rings (SSSR count). The van der Waals surface area contributed by atoms with Gasteiger partial charge in [0.25, 0.3) is 0 Å². The molecule has 58 heavy (non-hydrogen) atoms. The van der Waals surface area contributed by atoms with Crippen LogP contribution in [0.1, 0.15) is 70.2 Å². The maximum atomic E-state index is 13.6. The Kier molecular flexibility index (Phi) is 12.0. The number of H-pyrrole nitrogens is 2. The summed E-state index contributed by atoms with van der Waals surface area (Å²) in [5, 5.41) is 16.4. The number of rotatable bonds is 13. The van der Waals surface area contributed by atoms with E-state index < -0.39 is 24.6 Å². The lowest BCUT2D eigenvalue weighted by Gasteiger charge is -2.30. The van der Waals surface area contributed by atoms with Gasteiger partial charge in [0.2, 0.25) is 18.2 Å². The largest absolute Gasteiger partial charge is 0.453 e. The highest BCUT2D eigenvalue weighted by atomic mass is 16.6. The van der Waals surface area contributed by atoms with Gasteiger partial charge in [-0.15, -0.1) is 0 Å².